The topological polar surface area (TPSA) is 104 Å². The van der Waals surface area contributed by atoms with E-state index in [1.54, 1.807) is 11.0 Å². The first-order chi connectivity index (χ1) is 16.1. The van der Waals surface area contributed by atoms with E-state index >= 15 is 0 Å². The molecule has 3 aromatic rings. The third kappa shape index (κ3) is 3.91. The van der Waals surface area contributed by atoms with Crippen molar-refractivity contribution in [3.05, 3.63) is 42.2 Å². The molecule has 2 aromatic heterocycles. The van der Waals surface area contributed by atoms with E-state index in [-0.39, 0.29) is 29.7 Å². The maximum atomic E-state index is 14.3. The number of likely N-dealkylation sites (tertiary alicyclic amines) is 1. The number of phenols is 1. The van der Waals surface area contributed by atoms with Gasteiger partial charge in [-0.15, -0.1) is 0 Å². The molecule has 2 saturated heterocycles. The van der Waals surface area contributed by atoms with Crippen LogP contribution in [-0.4, -0.2) is 61.8 Å². The van der Waals surface area contributed by atoms with E-state index in [2.05, 4.69) is 20.2 Å². The zero-order valence-corrected chi connectivity index (χ0v) is 18.9. The van der Waals surface area contributed by atoms with Crippen molar-refractivity contribution >= 4 is 34.4 Å². The Morgan fingerprint density at radius 3 is 2.62 bits per heavy atom. The molecule has 178 valence electrons. The Kier molecular flexibility index (Phi) is 5.14. The van der Waals surface area contributed by atoms with Crippen molar-refractivity contribution in [2.24, 2.45) is 0 Å². The van der Waals surface area contributed by atoms with Crippen molar-refractivity contribution in [3.8, 4) is 5.75 Å². The minimum absolute atomic E-state index is 0.0241. The summed E-state index contributed by atoms with van der Waals surface area (Å²) in [5, 5.41) is 12.1. The number of anilines is 3. The molecule has 0 unspecified atom stereocenters. The van der Waals surface area contributed by atoms with Crippen LogP contribution in [0.4, 0.5) is 30.9 Å². The summed E-state index contributed by atoms with van der Waals surface area (Å²) in [5.74, 6) is -2.46. The fourth-order valence-electron chi connectivity index (χ4n) is 4.44. The molecule has 1 amide bonds. The normalized spacial score (nSPS) is 19.7. The molecule has 0 saturated carbocycles. The standard InChI is InChI=1S/C23H24F2N6O3/c1-23(2,3)34-22(33)31-10-12-8-13(31)9-30(12)17-7-5-15-20(29-17)21(27-11-26-15)28-14-4-6-16(32)19(25)18(14)24/h4-7,11-13,32H,8-10H2,1-3H3,(H,26,27,28)/t12-,13-/m0/s1. The average Bonchev–Trinajstić information content (AvgIpc) is 3.39. The van der Waals surface area contributed by atoms with Crippen LogP contribution in [0.1, 0.15) is 27.2 Å². The SMILES string of the molecule is CC(C)(C)OC(=O)N1C[C@@H]2C[C@H]1CN2c1ccc2ncnc(Nc3ccc(O)c(F)c3F)c2n1. The number of benzene rings is 1. The molecule has 2 fully saturated rings. The van der Waals surface area contributed by atoms with E-state index in [9.17, 15) is 18.7 Å². The molecular weight excluding hydrogens is 446 g/mol. The van der Waals surface area contributed by atoms with Gasteiger partial charge in [0.05, 0.1) is 23.3 Å². The van der Waals surface area contributed by atoms with Gasteiger partial charge in [-0.3, -0.25) is 0 Å². The van der Waals surface area contributed by atoms with E-state index in [0.29, 0.717) is 29.9 Å². The van der Waals surface area contributed by atoms with Gasteiger partial charge in [0.25, 0.3) is 0 Å². The third-order valence-corrected chi connectivity index (χ3v) is 5.95. The summed E-state index contributed by atoms with van der Waals surface area (Å²) in [7, 11) is 0. The number of phenolic OH excluding ortho intramolecular Hbond substituents is 1. The highest BCUT2D eigenvalue weighted by Gasteiger charge is 2.47. The smallest absolute Gasteiger partial charge is 0.410 e. The van der Waals surface area contributed by atoms with Crippen LogP contribution in [0.2, 0.25) is 0 Å². The lowest BCUT2D eigenvalue weighted by atomic mass is 10.2. The van der Waals surface area contributed by atoms with E-state index < -0.39 is 23.0 Å². The molecule has 2 bridgehead atoms. The quantitative estimate of drug-likeness (QED) is 0.555. The van der Waals surface area contributed by atoms with Gasteiger partial charge in [-0.1, -0.05) is 0 Å². The first-order valence-corrected chi connectivity index (χ1v) is 10.9. The number of halogens is 2. The highest BCUT2D eigenvalue weighted by atomic mass is 19.2. The van der Waals surface area contributed by atoms with Crippen molar-refractivity contribution in [1.29, 1.82) is 0 Å². The molecule has 0 radical (unpaired) electrons. The van der Waals surface area contributed by atoms with E-state index in [1.807, 2.05) is 26.8 Å². The molecule has 2 atom stereocenters. The Labute approximate surface area is 194 Å². The number of pyridine rings is 1. The maximum absolute atomic E-state index is 14.3. The second kappa shape index (κ2) is 7.93. The van der Waals surface area contributed by atoms with Crippen LogP contribution in [0, 0.1) is 11.6 Å². The summed E-state index contributed by atoms with van der Waals surface area (Å²) in [6.07, 6.45) is 1.80. The number of carbonyl (C=O) groups excluding carboxylic acids is 1. The van der Waals surface area contributed by atoms with Gasteiger partial charge in [0.2, 0.25) is 5.82 Å². The molecule has 11 heteroatoms. The zero-order chi connectivity index (χ0) is 24.2. The summed E-state index contributed by atoms with van der Waals surface area (Å²) in [6, 6.07) is 6.02. The fraction of sp³-hybridized carbons (Fsp3) is 0.391. The van der Waals surface area contributed by atoms with Crippen molar-refractivity contribution < 1.29 is 23.4 Å². The van der Waals surface area contributed by atoms with Crippen LogP contribution in [0.25, 0.3) is 11.0 Å². The average molecular weight is 470 g/mol. The maximum Gasteiger partial charge on any atom is 0.410 e. The summed E-state index contributed by atoms with van der Waals surface area (Å²) >= 11 is 0. The first-order valence-electron chi connectivity index (χ1n) is 10.9. The van der Waals surface area contributed by atoms with Crippen molar-refractivity contribution in [2.75, 3.05) is 23.3 Å². The number of ether oxygens (including phenoxy) is 1. The predicted octanol–water partition coefficient (Wildman–Crippen LogP) is 3.95. The van der Waals surface area contributed by atoms with Crippen molar-refractivity contribution in [3.63, 3.8) is 0 Å². The highest BCUT2D eigenvalue weighted by Crippen LogP contribution is 2.36. The molecule has 4 heterocycles. The molecule has 0 aliphatic carbocycles. The lowest BCUT2D eigenvalue weighted by molar-refractivity contribution is 0.0214. The van der Waals surface area contributed by atoms with Gasteiger partial charge in [0, 0.05) is 13.1 Å². The van der Waals surface area contributed by atoms with Gasteiger partial charge < -0.3 is 25.0 Å². The second-order valence-electron chi connectivity index (χ2n) is 9.47. The number of carbonyl (C=O) groups is 1. The zero-order valence-electron chi connectivity index (χ0n) is 18.9. The molecule has 34 heavy (non-hydrogen) atoms. The van der Waals surface area contributed by atoms with Gasteiger partial charge in [-0.05, 0) is 51.5 Å². The number of aromatic nitrogens is 3. The fourth-order valence-corrected chi connectivity index (χ4v) is 4.44. The minimum Gasteiger partial charge on any atom is -0.505 e. The van der Waals surface area contributed by atoms with Gasteiger partial charge in [-0.25, -0.2) is 24.1 Å². The molecule has 0 spiro atoms. The summed E-state index contributed by atoms with van der Waals surface area (Å²) in [6.45, 7) is 6.67. The number of rotatable bonds is 3. The Balaban J connectivity index is 1.40. The number of hydrogen-bond donors (Lipinski definition) is 2. The Bertz CT molecular complexity index is 1280. The molecule has 9 nitrogen and oxygen atoms in total. The third-order valence-electron chi connectivity index (χ3n) is 5.95. The molecule has 2 N–H and O–H groups in total. The molecule has 2 aliphatic heterocycles. The van der Waals surface area contributed by atoms with Gasteiger partial charge in [-0.2, -0.15) is 4.39 Å². The number of amides is 1. The van der Waals surface area contributed by atoms with Crippen molar-refractivity contribution in [1.82, 2.24) is 19.9 Å². The molecule has 1 aromatic carbocycles. The van der Waals surface area contributed by atoms with Crippen LogP contribution < -0.4 is 10.2 Å². The van der Waals surface area contributed by atoms with Crippen LogP contribution in [0.3, 0.4) is 0 Å². The largest absolute Gasteiger partial charge is 0.505 e. The van der Waals surface area contributed by atoms with Crippen LogP contribution in [0.5, 0.6) is 5.75 Å². The van der Waals surface area contributed by atoms with E-state index in [4.69, 9.17) is 9.72 Å². The Morgan fingerprint density at radius 2 is 1.91 bits per heavy atom. The van der Waals surface area contributed by atoms with Crippen LogP contribution >= 0.6 is 0 Å². The molecule has 5 rings (SSSR count). The van der Waals surface area contributed by atoms with Gasteiger partial charge in [0.15, 0.2) is 17.4 Å². The van der Waals surface area contributed by atoms with E-state index in [0.717, 1.165) is 12.5 Å². The van der Waals surface area contributed by atoms with Crippen molar-refractivity contribution in [2.45, 2.75) is 44.9 Å². The van der Waals surface area contributed by atoms with Crippen LogP contribution in [0.15, 0.2) is 30.6 Å². The first kappa shape index (κ1) is 22.1. The monoisotopic (exact) mass is 470 g/mol. The van der Waals surface area contributed by atoms with Crippen LogP contribution in [-0.2, 0) is 4.74 Å². The Hall–Kier alpha value is -3.76. The summed E-state index contributed by atoms with van der Waals surface area (Å²) in [5.41, 5.74) is 0.179. The number of hydrogen-bond acceptors (Lipinski definition) is 8. The number of nitrogens with zero attached hydrogens (tertiary/aromatic N) is 5. The lowest BCUT2D eigenvalue weighted by Crippen LogP contribution is -2.50. The molecular formula is C23H24F2N6O3. The number of nitrogens with one attached hydrogen (secondary N) is 1. The summed E-state index contributed by atoms with van der Waals surface area (Å²) in [4.78, 5) is 29.5. The number of fused-ring (bicyclic) bond motifs is 3. The number of aromatic hydroxyl groups is 1. The Morgan fingerprint density at radius 1 is 1.12 bits per heavy atom. The number of piperazine rings is 1. The minimum atomic E-state index is -1.35. The lowest BCUT2D eigenvalue weighted by Gasteiger charge is -2.35. The second-order valence-corrected chi connectivity index (χ2v) is 9.47. The van der Waals surface area contributed by atoms with Gasteiger partial charge in [0.1, 0.15) is 23.3 Å². The summed E-state index contributed by atoms with van der Waals surface area (Å²) < 4.78 is 33.6. The van der Waals surface area contributed by atoms with E-state index in [1.165, 1.54) is 12.4 Å². The molecule has 2 aliphatic rings. The highest BCUT2D eigenvalue weighted by molar-refractivity contribution is 5.88. The predicted molar refractivity (Wildman–Crippen MR) is 121 cm³/mol. The van der Waals surface area contributed by atoms with Gasteiger partial charge >= 0.3 is 6.09 Å².